The van der Waals surface area contributed by atoms with Crippen LogP contribution < -0.4 is 27.0 Å². The first kappa shape index (κ1) is 25.4. The zero-order valence-electron chi connectivity index (χ0n) is 21.5. The van der Waals surface area contributed by atoms with Gasteiger partial charge in [-0.3, -0.25) is 37.4 Å². The molecule has 196 valence electrons. The Morgan fingerprint density at radius 1 is 0.564 bits per heavy atom. The van der Waals surface area contributed by atoms with Crippen LogP contribution in [0.2, 0.25) is 0 Å². The molecule has 0 saturated carbocycles. The van der Waals surface area contributed by atoms with Crippen molar-refractivity contribution >= 4 is 0 Å². The van der Waals surface area contributed by atoms with Gasteiger partial charge in [0.15, 0.2) is 0 Å². The molecule has 0 fully saturated rings. The molecule has 0 aliphatic rings. The first-order chi connectivity index (χ1) is 18.6. The van der Waals surface area contributed by atoms with Gasteiger partial charge < -0.3 is 4.74 Å². The second-order valence-corrected chi connectivity index (χ2v) is 9.76. The van der Waals surface area contributed by atoms with Crippen molar-refractivity contribution in [3.8, 4) is 28.6 Å². The average molecular weight is 524 g/mol. The topological polar surface area (TPSA) is 110 Å². The molecule has 0 atom stereocenters. The molecule has 0 aliphatic heterocycles. The van der Waals surface area contributed by atoms with Crippen LogP contribution in [-0.4, -0.2) is 28.9 Å². The van der Waals surface area contributed by atoms with E-state index in [0.29, 0.717) is 28.6 Å². The van der Waals surface area contributed by atoms with Crippen molar-refractivity contribution in [2.45, 2.75) is 26.4 Å². The van der Waals surface area contributed by atoms with Gasteiger partial charge in [-0.2, -0.15) is 0 Å². The predicted octanol–water partition coefficient (Wildman–Crippen LogP) is 2.86. The Morgan fingerprint density at radius 2 is 1.03 bits per heavy atom. The van der Waals surface area contributed by atoms with Crippen LogP contribution in [0, 0.1) is 0 Å². The molecule has 0 saturated heterocycles. The van der Waals surface area contributed by atoms with Crippen LogP contribution in [0.1, 0.15) is 20.8 Å². The maximum atomic E-state index is 12.8. The second kappa shape index (κ2) is 9.90. The summed E-state index contributed by atoms with van der Waals surface area (Å²) in [5, 5.41) is 0. The van der Waals surface area contributed by atoms with Crippen molar-refractivity contribution in [3.05, 3.63) is 139 Å². The molecule has 5 aromatic heterocycles. The average Bonchev–Trinajstić information content (AvgIpc) is 2.90. The van der Waals surface area contributed by atoms with Gasteiger partial charge in [-0.25, -0.2) is 4.98 Å². The van der Waals surface area contributed by atoms with E-state index in [2.05, 4.69) is 4.98 Å². The van der Waals surface area contributed by atoms with E-state index in [1.54, 1.807) is 36.5 Å². The number of hydrogen-bond donors (Lipinski definition) is 0. The summed E-state index contributed by atoms with van der Waals surface area (Å²) in [5.41, 5.74) is 0.0847. The van der Waals surface area contributed by atoms with E-state index in [0.717, 1.165) is 0 Å². The van der Waals surface area contributed by atoms with Crippen molar-refractivity contribution in [3.63, 3.8) is 0 Å². The summed E-state index contributed by atoms with van der Waals surface area (Å²) in [5.74, 6) is 0.421. The van der Waals surface area contributed by atoms with Gasteiger partial charge in [0, 0.05) is 55.1 Å². The normalized spacial score (nSPS) is 11.4. The zero-order chi connectivity index (χ0) is 27.7. The van der Waals surface area contributed by atoms with Gasteiger partial charge in [0.05, 0.1) is 28.9 Å². The molecule has 0 N–H and O–H groups in total. The lowest BCUT2D eigenvalue weighted by Gasteiger charge is -2.20. The standard InChI is InChI=1S/C29H25N5O5/c1-29(2,3)39-24-11-7-20(16-30-24)32-18-22(9-13-26(32)36)34-19-23(10-14-28(34)38)33-17-21(8-12-27(33)37)31-15-5-4-6-25(31)35/h4-19H,1-3H3. The maximum absolute atomic E-state index is 12.8. The number of ether oxygens (including phenoxy) is 1. The smallest absolute Gasteiger partial charge is 0.255 e. The molecular formula is C29H25N5O5. The highest BCUT2D eigenvalue weighted by atomic mass is 16.5. The molecule has 10 heteroatoms. The number of pyridine rings is 5. The van der Waals surface area contributed by atoms with E-state index in [1.807, 2.05) is 20.8 Å². The molecule has 10 nitrogen and oxygen atoms in total. The molecule has 0 aromatic carbocycles. The number of nitrogens with zero attached hydrogens (tertiary/aromatic N) is 5. The SMILES string of the molecule is CC(C)(C)Oc1ccc(-n2cc(-n3cc(-n4cc(-n5ccccc5=O)ccc4=O)ccc3=O)ccc2=O)cn1. The minimum absolute atomic E-state index is 0.248. The lowest BCUT2D eigenvalue weighted by Crippen LogP contribution is -2.25. The third-order valence-electron chi connectivity index (χ3n) is 5.75. The van der Waals surface area contributed by atoms with Crippen LogP contribution in [0.4, 0.5) is 0 Å². The van der Waals surface area contributed by atoms with E-state index in [-0.39, 0.29) is 22.2 Å². The summed E-state index contributed by atoms with van der Waals surface area (Å²) in [6.07, 6.45) is 7.68. The predicted molar refractivity (Wildman–Crippen MR) is 147 cm³/mol. The Balaban J connectivity index is 1.56. The van der Waals surface area contributed by atoms with Crippen LogP contribution in [0.15, 0.2) is 117 Å². The van der Waals surface area contributed by atoms with E-state index in [1.165, 1.54) is 79.5 Å². The molecule has 0 radical (unpaired) electrons. The zero-order valence-corrected chi connectivity index (χ0v) is 21.5. The Morgan fingerprint density at radius 3 is 1.49 bits per heavy atom. The molecule has 0 bridgehead atoms. The molecular weight excluding hydrogens is 498 g/mol. The highest BCUT2D eigenvalue weighted by molar-refractivity contribution is 5.41. The van der Waals surface area contributed by atoms with E-state index in [4.69, 9.17) is 4.74 Å². The molecule has 5 rings (SSSR count). The van der Waals surface area contributed by atoms with Gasteiger partial charge in [-0.15, -0.1) is 0 Å². The minimum atomic E-state index is -0.421. The first-order valence-electron chi connectivity index (χ1n) is 12.1. The van der Waals surface area contributed by atoms with Gasteiger partial charge in [0.1, 0.15) is 5.60 Å². The second-order valence-electron chi connectivity index (χ2n) is 9.76. The largest absolute Gasteiger partial charge is 0.472 e. The van der Waals surface area contributed by atoms with Crippen molar-refractivity contribution in [2.75, 3.05) is 0 Å². The van der Waals surface area contributed by atoms with E-state index >= 15 is 0 Å². The monoisotopic (exact) mass is 523 g/mol. The third-order valence-corrected chi connectivity index (χ3v) is 5.75. The van der Waals surface area contributed by atoms with Gasteiger partial charge >= 0.3 is 0 Å². The van der Waals surface area contributed by atoms with Crippen LogP contribution in [0.25, 0.3) is 22.7 Å². The van der Waals surface area contributed by atoms with Crippen LogP contribution in [0.5, 0.6) is 5.88 Å². The molecule has 39 heavy (non-hydrogen) atoms. The first-order valence-corrected chi connectivity index (χ1v) is 12.1. The third kappa shape index (κ3) is 5.40. The lowest BCUT2D eigenvalue weighted by atomic mass is 10.2. The Hall–Kier alpha value is -5.25. The molecule has 0 spiro atoms. The van der Waals surface area contributed by atoms with Gasteiger partial charge in [-0.05, 0) is 51.1 Å². The van der Waals surface area contributed by atoms with Gasteiger partial charge in [-0.1, -0.05) is 6.07 Å². The summed E-state index contributed by atoms with van der Waals surface area (Å²) in [6.45, 7) is 5.73. The highest BCUT2D eigenvalue weighted by Gasteiger charge is 2.13. The summed E-state index contributed by atoms with van der Waals surface area (Å²) in [7, 11) is 0. The fourth-order valence-corrected chi connectivity index (χ4v) is 3.99. The number of hydrogen-bond acceptors (Lipinski definition) is 6. The van der Waals surface area contributed by atoms with E-state index in [9.17, 15) is 19.2 Å². The fourth-order valence-electron chi connectivity index (χ4n) is 3.99. The molecule has 0 amide bonds. The minimum Gasteiger partial charge on any atom is -0.472 e. The Bertz CT molecular complexity index is 1910. The summed E-state index contributed by atoms with van der Waals surface area (Å²) < 4.78 is 11.2. The molecule has 5 aromatic rings. The summed E-state index contributed by atoms with van der Waals surface area (Å²) in [4.78, 5) is 54.8. The van der Waals surface area contributed by atoms with Gasteiger partial charge in [0.2, 0.25) is 5.88 Å². The molecule has 0 unspecified atom stereocenters. The Labute approximate surface area is 222 Å². The van der Waals surface area contributed by atoms with Crippen molar-refractivity contribution in [1.29, 1.82) is 0 Å². The number of aromatic nitrogens is 5. The van der Waals surface area contributed by atoms with Crippen LogP contribution in [0.3, 0.4) is 0 Å². The molecule has 0 aliphatic carbocycles. The summed E-state index contributed by atoms with van der Waals surface area (Å²) in [6, 6.07) is 16.8. The maximum Gasteiger partial charge on any atom is 0.255 e. The van der Waals surface area contributed by atoms with E-state index < -0.39 is 5.60 Å². The van der Waals surface area contributed by atoms with Crippen LogP contribution >= 0.6 is 0 Å². The van der Waals surface area contributed by atoms with Crippen molar-refractivity contribution < 1.29 is 4.74 Å². The van der Waals surface area contributed by atoms with Gasteiger partial charge in [0.25, 0.3) is 22.2 Å². The van der Waals surface area contributed by atoms with Crippen molar-refractivity contribution in [2.24, 2.45) is 0 Å². The fraction of sp³-hybridized carbons (Fsp3) is 0.138. The van der Waals surface area contributed by atoms with Crippen molar-refractivity contribution in [1.82, 2.24) is 23.3 Å². The molecule has 5 heterocycles. The Kier molecular flexibility index (Phi) is 6.45. The number of rotatable bonds is 5. The summed E-state index contributed by atoms with van der Waals surface area (Å²) >= 11 is 0. The van der Waals surface area contributed by atoms with Crippen LogP contribution in [-0.2, 0) is 0 Å². The lowest BCUT2D eigenvalue weighted by molar-refractivity contribution is 0.124. The quantitative estimate of drug-likeness (QED) is 0.350. The highest BCUT2D eigenvalue weighted by Crippen LogP contribution is 2.17.